The number of esters is 10. The largest absolute Gasteiger partial charge is 0.467 e. The molecule has 678 valence electrons. The number of ketones is 6. The number of hydrogen-bond donors (Lipinski definition) is 1. The van der Waals surface area contributed by atoms with Crippen molar-refractivity contribution in [2.45, 2.75) is 176 Å². The Kier molecular flexibility index (Phi) is 60.3. The van der Waals surface area contributed by atoms with Crippen molar-refractivity contribution >= 4 is 100 Å². The van der Waals surface area contributed by atoms with Crippen LogP contribution >= 0.6 is 0 Å². The first-order valence-electron chi connectivity index (χ1n) is 39.7. The Bertz CT molecular complexity index is 3740. The van der Waals surface area contributed by atoms with Crippen molar-refractivity contribution in [1.82, 2.24) is 20.3 Å². The van der Waals surface area contributed by atoms with Crippen molar-refractivity contribution in [3.8, 4) is 0 Å². The number of methoxy groups -OCH3 is 2. The van der Waals surface area contributed by atoms with Crippen LogP contribution in [0.4, 0.5) is 4.79 Å². The number of amides is 1. The van der Waals surface area contributed by atoms with Crippen LogP contribution in [-0.2, 0) is 131 Å². The van der Waals surface area contributed by atoms with Gasteiger partial charge in [-0.25, -0.2) is 28.8 Å². The summed E-state index contributed by atoms with van der Waals surface area (Å²) in [6.07, 6.45) is 9.66. The molecule has 34 nitrogen and oxygen atoms in total. The van der Waals surface area contributed by atoms with E-state index in [-0.39, 0.29) is 180 Å². The molecule has 0 saturated carbocycles. The van der Waals surface area contributed by atoms with Crippen molar-refractivity contribution in [2.24, 2.45) is 58.7 Å². The van der Waals surface area contributed by atoms with E-state index in [4.69, 9.17) is 52.1 Å². The van der Waals surface area contributed by atoms with Gasteiger partial charge in [0.25, 0.3) is 0 Å². The monoisotopic (exact) mass is 1720 g/mol. The molecule has 0 spiro atoms. The number of hydrogen-bond acceptors (Lipinski definition) is 33. The Morgan fingerprint density at radius 2 is 0.746 bits per heavy atom. The molecule has 3 heterocycles. The average molecular weight is 1720 g/mol. The van der Waals surface area contributed by atoms with Crippen molar-refractivity contribution in [1.29, 1.82) is 0 Å². The molecule has 2 unspecified atom stereocenters. The van der Waals surface area contributed by atoms with Gasteiger partial charge in [-0.05, 0) is 55.3 Å². The lowest BCUT2D eigenvalue weighted by molar-refractivity contribution is -0.156. The summed E-state index contributed by atoms with van der Waals surface area (Å²) in [6.45, 7) is 30.4. The highest BCUT2D eigenvalue weighted by atomic mass is 16.6. The molecule has 122 heavy (non-hydrogen) atoms. The molecular weight excluding hydrogens is 1590 g/mol. The van der Waals surface area contributed by atoms with Gasteiger partial charge in [0.1, 0.15) is 67.2 Å². The van der Waals surface area contributed by atoms with Crippen LogP contribution in [0.25, 0.3) is 0 Å². The van der Waals surface area contributed by atoms with Gasteiger partial charge in [-0.1, -0.05) is 113 Å². The number of benzene rings is 1. The molecule has 0 radical (unpaired) electrons. The summed E-state index contributed by atoms with van der Waals surface area (Å²) in [6, 6.07) is 17.8. The summed E-state index contributed by atoms with van der Waals surface area (Å²) >= 11 is 0. The summed E-state index contributed by atoms with van der Waals surface area (Å²) in [5.74, 6) is -6.68. The van der Waals surface area contributed by atoms with Crippen LogP contribution in [0.5, 0.6) is 0 Å². The number of ether oxygens (including phenoxy) is 13. The Morgan fingerprint density at radius 1 is 0.385 bits per heavy atom. The quantitative estimate of drug-likeness (QED) is 0.0244. The second-order valence-corrected chi connectivity index (χ2v) is 29.7. The lowest BCUT2D eigenvalue weighted by atomic mass is 9.82. The van der Waals surface area contributed by atoms with Crippen LogP contribution < -0.4 is 5.32 Å². The number of carbonyl (C=O) groups is 17. The van der Waals surface area contributed by atoms with Crippen molar-refractivity contribution < 1.29 is 143 Å². The minimum Gasteiger partial charge on any atom is -0.467 e. The zero-order valence-electron chi connectivity index (χ0n) is 74.1. The van der Waals surface area contributed by atoms with Crippen LogP contribution in [0, 0.1) is 58.7 Å². The van der Waals surface area contributed by atoms with Gasteiger partial charge in [-0.2, -0.15) is 0 Å². The van der Waals surface area contributed by atoms with Gasteiger partial charge >= 0.3 is 65.8 Å². The summed E-state index contributed by atoms with van der Waals surface area (Å²) in [5, 5.41) is 2.37. The summed E-state index contributed by atoms with van der Waals surface area (Å²) in [5.41, 5.74) is 0.795. The van der Waals surface area contributed by atoms with Gasteiger partial charge in [0.05, 0.1) is 88.7 Å². The fraction of sp³-hybridized carbons (Fsp3) is 0.568. The van der Waals surface area contributed by atoms with Gasteiger partial charge in [0, 0.05) is 164 Å². The minimum absolute atomic E-state index is 0.00446. The first-order valence-corrected chi connectivity index (χ1v) is 39.7. The Balaban J connectivity index is 0. The van der Waals surface area contributed by atoms with Crippen LogP contribution in [-0.4, -0.2) is 215 Å². The third kappa shape index (κ3) is 56.9. The van der Waals surface area contributed by atoms with E-state index in [1.54, 1.807) is 131 Å². The van der Waals surface area contributed by atoms with Crippen LogP contribution in [0.15, 0.2) is 104 Å². The minimum atomic E-state index is -1.04. The van der Waals surface area contributed by atoms with E-state index in [0.717, 1.165) is 5.56 Å². The number of nitrogens with one attached hydrogen (secondary N) is 1. The molecular formula is C88H126N4O30. The molecule has 3 aromatic heterocycles. The van der Waals surface area contributed by atoms with Crippen molar-refractivity contribution in [3.05, 3.63) is 126 Å². The number of alkyl carbamates (subject to hydrolysis) is 1. The molecule has 0 fully saturated rings. The predicted octanol–water partition coefficient (Wildman–Crippen LogP) is 10.7. The lowest BCUT2D eigenvalue weighted by Gasteiger charge is -2.28. The predicted molar refractivity (Wildman–Crippen MR) is 441 cm³/mol. The molecule has 1 N–H and O–H groups in total. The number of rotatable bonds is 47. The van der Waals surface area contributed by atoms with E-state index in [1.807, 2.05) is 44.2 Å². The standard InChI is InChI=1S/C20H22N2O5.C19H27NO7.C16H21NO5.2C12H20O5.C9H16O3/c1-14(2)18(23)9-15(12-26-19(24)16-5-3-7-21-10-16)13-27-20(25)17-6-4-8-22-11-17;1-14(2)17(21)9-15(11-26-18(22)13-25-8-7-24-3)12-27-19(23)16-5-4-6-20-10-16;1-11(2)14(18)9-13(15(19)21-3)17-16(20)22-10-12-7-5-4-6-8-12;1-8(2)11(15)12(5,6-16-9(3)13)7-17-10(4)14;1-8(2)12(15)5-11(6-16-9(3)13)7-17-10(4)14;1-7(2)9(11)5-4-6-12-8(3)10/h3-8,10-11,14-15H,9,12-13H2,1-2H3;4-6,10,14-15H,7-9,11-13H2,1-3H3;4-8,11,13H,9-10H2,1-3H3,(H,17,20);8H,6-7H2,1-5H3;8,11H,5-7H2,1-4H3;7H,4-6H2,1-3H3. The Hall–Kier alpha value is -11.4. The number of aromatic nitrogens is 3. The van der Waals surface area contributed by atoms with Gasteiger partial charge in [0.2, 0.25) is 0 Å². The molecule has 1 aromatic carbocycles. The SMILES string of the molecule is CC(=O)OCC(C)(COC(C)=O)C(=O)C(C)C.CC(=O)OCC(COC(C)=O)CC(=O)C(C)C.CC(=O)OCCCC(=O)C(C)C.CC(C)C(=O)CC(COC(=O)c1cccnc1)COC(=O)c1cccnc1.COC(=O)C(CC(=O)C(C)C)NC(=O)OCc1ccccc1.COCCOCC(=O)OCC(COC(=O)c1cccnc1)CC(=O)C(C)C. The molecule has 1 amide bonds. The van der Waals surface area contributed by atoms with Crippen LogP contribution in [0.3, 0.4) is 0 Å². The third-order valence-electron chi connectivity index (χ3n) is 16.5. The second kappa shape index (κ2) is 65.4. The number of pyridine rings is 3. The first kappa shape index (κ1) is 113. The van der Waals surface area contributed by atoms with Gasteiger partial charge in [0.15, 0.2) is 0 Å². The molecule has 2 atom stereocenters. The smallest absolute Gasteiger partial charge is 0.408 e. The van der Waals surface area contributed by atoms with E-state index in [9.17, 15) is 81.5 Å². The summed E-state index contributed by atoms with van der Waals surface area (Å²) in [7, 11) is 2.73. The molecule has 34 heteroatoms. The normalized spacial score (nSPS) is 11.1. The number of carbonyl (C=O) groups excluding carboxylic acids is 17. The second-order valence-electron chi connectivity index (χ2n) is 29.7. The highest BCUT2D eigenvalue weighted by Crippen LogP contribution is 2.24. The molecule has 0 aliphatic rings. The van der Waals surface area contributed by atoms with E-state index >= 15 is 0 Å². The van der Waals surface area contributed by atoms with E-state index < -0.39 is 83.1 Å². The van der Waals surface area contributed by atoms with Crippen molar-refractivity contribution in [2.75, 3.05) is 93.5 Å². The van der Waals surface area contributed by atoms with E-state index in [2.05, 4.69) is 29.7 Å². The van der Waals surface area contributed by atoms with Crippen LogP contribution in [0.1, 0.15) is 200 Å². The fourth-order valence-corrected chi connectivity index (χ4v) is 9.19. The Morgan fingerprint density at radius 3 is 1.07 bits per heavy atom. The maximum absolute atomic E-state index is 12.1. The molecule has 0 aliphatic heterocycles. The number of nitrogens with zero attached hydrogens (tertiary/aromatic N) is 3. The molecule has 4 rings (SSSR count). The van der Waals surface area contributed by atoms with Gasteiger partial charge < -0.3 is 66.9 Å². The van der Waals surface area contributed by atoms with Crippen molar-refractivity contribution in [3.63, 3.8) is 0 Å². The maximum atomic E-state index is 12.1. The maximum Gasteiger partial charge on any atom is 0.408 e. The lowest BCUT2D eigenvalue weighted by Crippen LogP contribution is -2.43. The number of Topliss-reactive ketones (excluding diaryl/α,β-unsaturated/α-hetero) is 6. The zero-order chi connectivity index (χ0) is 92.9. The summed E-state index contributed by atoms with van der Waals surface area (Å²) in [4.78, 5) is 207. The summed E-state index contributed by atoms with van der Waals surface area (Å²) < 4.78 is 64.5. The van der Waals surface area contributed by atoms with E-state index in [1.165, 1.54) is 67.4 Å². The molecule has 4 aromatic rings. The van der Waals surface area contributed by atoms with Gasteiger partial charge in [-0.3, -0.25) is 67.7 Å². The molecule has 0 bridgehead atoms. The van der Waals surface area contributed by atoms with Gasteiger partial charge in [-0.15, -0.1) is 0 Å². The van der Waals surface area contributed by atoms with E-state index in [0.29, 0.717) is 42.7 Å². The highest BCUT2D eigenvalue weighted by molar-refractivity contribution is 5.92. The zero-order valence-corrected chi connectivity index (χ0v) is 74.1. The Labute approximate surface area is 715 Å². The first-order chi connectivity index (χ1) is 57.4. The topological polar surface area (TPSA) is 461 Å². The molecule has 0 aliphatic carbocycles. The average Bonchev–Trinajstić information content (AvgIpc) is 0.841. The fourth-order valence-electron chi connectivity index (χ4n) is 9.19. The highest BCUT2D eigenvalue weighted by Gasteiger charge is 2.38. The molecule has 0 saturated heterocycles. The van der Waals surface area contributed by atoms with Crippen LogP contribution in [0.2, 0.25) is 0 Å². The third-order valence-corrected chi connectivity index (χ3v) is 16.5.